The Labute approximate surface area is 141 Å². The van der Waals surface area contributed by atoms with E-state index in [1.54, 1.807) is 11.8 Å². The summed E-state index contributed by atoms with van der Waals surface area (Å²) in [5, 5.41) is 15.5. The molecule has 0 aliphatic rings. The minimum absolute atomic E-state index is 0.0124. The second-order valence-corrected chi connectivity index (χ2v) is 5.55. The zero-order valence-electron chi connectivity index (χ0n) is 13.8. The molecule has 0 amide bonds. The van der Waals surface area contributed by atoms with Gasteiger partial charge in [-0.05, 0) is 35.0 Å². The van der Waals surface area contributed by atoms with Gasteiger partial charge in [0.05, 0.1) is 17.8 Å². The number of aromatic nitrogens is 4. The molecule has 1 aromatic heterocycles. The Bertz CT molecular complexity index is 744. The monoisotopic (exact) mass is 323 g/mol. The quantitative estimate of drug-likeness (QED) is 0.724. The van der Waals surface area contributed by atoms with E-state index in [9.17, 15) is 0 Å². The Balaban J connectivity index is 1.70. The molecule has 0 aliphatic carbocycles. The fourth-order valence-electron chi connectivity index (χ4n) is 2.60. The summed E-state index contributed by atoms with van der Waals surface area (Å²) in [7, 11) is 1.72. The van der Waals surface area contributed by atoms with Gasteiger partial charge in [-0.2, -0.15) is 4.68 Å². The molecule has 24 heavy (non-hydrogen) atoms. The molecule has 3 rings (SSSR count). The first-order valence-electron chi connectivity index (χ1n) is 7.94. The van der Waals surface area contributed by atoms with E-state index in [-0.39, 0.29) is 12.1 Å². The molecule has 6 nitrogen and oxygen atoms in total. The third-order valence-corrected chi connectivity index (χ3v) is 3.95. The number of benzene rings is 2. The van der Waals surface area contributed by atoms with Crippen LogP contribution in [0.25, 0.3) is 5.69 Å². The van der Waals surface area contributed by atoms with Crippen LogP contribution in [0.1, 0.15) is 30.5 Å². The van der Waals surface area contributed by atoms with E-state index in [1.807, 2.05) is 55.5 Å². The van der Waals surface area contributed by atoms with Crippen LogP contribution >= 0.6 is 0 Å². The van der Waals surface area contributed by atoms with Gasteiger partial charge in [-0.3, -0.25) is 0 Å². The molecule has 3 aromatic rings. The highest BCUT2D eigenvalue weighted by atomic mass is 16.5. The second kappa shape index (κ2) is 7.81. The van der Waals surface area contributed by atoms with Gasteiger partial charge in [-0.1, -0.05) is 48.5 Å². The zero-order chi connectivity index (χ0) is 16.8. The minimum atomic E-state index is -0.0188. The van der Waals surface area contributed by atoms with Crippen molar-refractivity contribution in [2.45, 2.75) is 19.1 Å². The summed E-state index contributed by atoms with van der Waals surface area (Å²) in [6.07, 6.45) is -0.0188. The van der Waals surface area contributed by atoms with Gasteiger partial charge in [-0.25, -0.2) is 0 Å². The van der Waals surface area contributed by atoms with Gasteiger partial charge in [0.25, 0.3) is 0 Å². The van der Waals surface area contributed by atoms with Crippen molar-refractivity contribution >= 4 is 0 Å². The highest BCUT2D eigenvalue weighted by Gasteiger charge is 2.18. The Morgan fingerprint density at radius 2 is 1.71 bits per heavy atom. The van der Waals surface area contributed by atoms with Gasteiger partial charge in [0.2, 0.25) is 0 Å². The van der Waals surface area contributed by atoms with Crippen LogP contribution in [0, 0.1) is 0 Å². The summed E-state index contributed by atoms with van der Waals surface area (Å²) in [6, 6.07) is 20.0. The number of nitrogens with one attached hydrogen (secondary N) is 1. The lowest BCUT2D eigenvalue weighted by Crippen LogP contribution is -2.27. The van der Waals surface area contributed by atoms with Gasteiger partial charge in [-0.15, -0.1) is 5.10 Å². The lowest BCUT2D eigenvalue weighted by Gasteiger charge is -2.19. The fourth-order valence-corrected chi connectivity index (χ4v) is 2.60. The molecular formula is C18H21N5O. The van der Waals surface area contributed by atoms with Crippen LogP contribution in [0.4, 0.5) is 0 Å². The van der Waals surface area contributed by atoms with Gasteiger partial charge in [0, 0.05) is 13.7 Å². The number of hydrogen-bond donors (Lipinski definition) is 1. The van der Waals surface area contributed by atoms with Crippen molar-refractivity contribution in [3.63, 3.8) is 0 Å². The first-order valence-corrected chi connectivity index (χ1v) is 7.94. The number of methoxy groups -OCH3 is 1. The van der Waals surface area contributed by atoms with Crippen LogP contribution in [0.2, 0.25) is 0 Å². The fraction of sp³-hybridized carbons (Fsp3) is 0.278. The average molecular weight is 323 g/mol. The Kier molecular flexibility index (Phi) is 5.30. The van der Waals surface area contributed by atoms with Crippen molar-refractivity contribution in [2.24, 2.45) is 0 Å². The van der Waals surface area contributed by atoms with Gasteiger partial charge < -0.3 is 10.1 Å². The molecule has 2 atom stereocenters. The normalized spacial score (nSPS) is 13.6. The Morgan fingerprint density at radius 1 is 1.04 bits per heavy atom. The molecule has 1 N–H and O–H groups in total. The molecule has 0 unspecified atom stereocenters. The predicted octanol–water partition coefficient (Wildman–Crippen LogP) is 2.70. The van der Waals surface area contributed by atoms with Crippen LogP contribution in [0.5, 0.6) is 0 Å². The molecule has 0 saturated carbocycles. The number of nitrogens with zero attached hydrogens (tertiary/aromatic N) is 4. The van der Waals surface area contributed by atoms with E-state index in [1.165, 1.54) is 0 Å². The Morgan fingerprint density at radius 3 is 2.38 bits per heavy atom. The third-order valence-electron chi connectivity index (χ3n) is 3.95. The number of tetrazole rings is 1. The highest BCUT2D eigenvalue weighted by Crippen LogP contribution is 2.18. The standard InChI is InChI=1S/C18H21N5O/c1-14(19-13-17(24-2)15-9-5-3-6-10-15)18-20-21-22-23(18)16-11-7-4-8-12-16/h3-12,14,17,19H,13H2,1-2H3/t14-,17-/m0/s1. The molecule has 124 valence electrons. The van der Waals surface area contributed by atoms with Crippen molar-refractivity contribution < 1.29 is 4.74 Å². The molecule has 2 aromatic carbocycles. The summed E-state index contributed by atoms with van der Waals surface area (Å²) in [4.78, 5) is 0. The number of ether oxygens (including phenoxy) is 1. The molecule has 0 spiro atoms. The van der Waals surface area contributed by atoms with Crippen molar-refractivity contribution in [3.8, 4) is 5.69 Å². The molecule has 0 bridgehead atoms. The maximum Gasteiger partial charge on any atom is 0.173 e. The van der Waals surface area contributed by atoms with Crippen LogP contribution in [0.3, 0.4) is 0 Å². The molecule has 0 fully saturated rings. The smallest absolute Gasteiger partial charge is 0.173 e. The molecular weight excluding hydrogens is 302 g/mol. The van der Waals surface area contributed by atoms with E-state index in [0.29, 0.717) is 6.54 Å². The summed E-state index contributed by atoms with van der Waals surface area (Å²) in [5.74, 6) is 0.768. The van der Waals surface area contributed by atoms with E-state index < -0.39 is 0 Å². The first kappa shape index (κ1) is 16.3. The largest absolute Gasteiger partial charge is 0.375 e. The second-order valence-electron chi connectivity index (χ2n) is 5.55. The minimum Gasteiger partial charge on any atom is -0.375 e. The van der Waals surface area contributed by atoms with Crippen molar-refractivity contribution in [2.75, 3.05) is 13.7 Å². The summed E-state index contributed by atoms with van der Waals surface area (Å²) >= 11 is 0. The highest BCUT2D eigenvalue weighted by molar-refractivity contribution is 5.30. The van der Waals surface area contributed by atoms with Crippen LogP contribution in [-0.4, -0.2) is 33.9 Å². The van der Waals surface area contributed by atoms with E-state index in [4.69, 9.17) is 4.74 Å². The SMILES string of the molecule is CO[C@@H](CN[C@@H](C)c1nnnn1-c1ccccc1)c1ccccc1. The molecule has 1 heterocycles. The number of hydrogen-bond acceptors (Lipinski definition) is 5. The van der Waals surface area contributed by atoms with Crippen LogP contribution in [-0.2, 0) is 4.74 Å². The summed E-state index contributed by atoms with van der Waals surface area (Å²) in [6.45, 7) is 2.71. The molecule has 6 heteroatoms. The summed E-state index contributed by atoms with van der Waals surface area (Å²) in [5.41, 5.74) is 2.08. The van der Waals surface area contributed by atoms with Crippen molar-refractivity contribution in [3.05, 3.63) is 72.1 Å². The molecule has 0 saturated heterocycles. The van der Waals surface area contributed by atoms with E-state index in [2.05, 4.69) is 33.0 Å². The third kappa shape index (κ3) is 3.67. The van der Waals surface area contributed by atoms with Gasteiger partial charge in [0.15, 0.2) is 5.82 Å². The lowest BCUT2D eigenvalue weighted by atomic mass is 10.1. The number of rotatable bonds is 7. The summed E-state index contributed by atoms with van der Waals surface area (Å²) < 4.78 is 7.35. The van der Waals surface area contributed by atoms with Crippen molar-refractivity contribution in [1.82, 2.24) is 25.5 Å². The van der Waals surface area contributed by atoms with E-state index >= 15 is 0 Å². The molecule has 0 radical (unpaired) electrons. The first-order chi connectivity index (χ1) is 11.8. The topological polar surface area (TPSA) is 64.9 Å². The van der Waals surface area contributed by atoms with E-state index in [0.717, 1.165) is 17.1 Å². The molecule has 0 aliphatic heterocycles. The van der Waals surface area contributed by atoms with Crippen molar-refractivity contribution in [1.29, 1.82) is 0 Å². The van der Waals surface area contributed by atoms with Crippen LogP contribution in [0.15, 0.2) is 60.7 Å². The maximum absolute atomic E-state index is 5.60. The number of para-hydroxylation sites is 1. The zero-order valence-corrected chi connectivity index (χ0v) is 13.8. The Hall–Kier alpha value is -2.57. The van der Waals surface area contributed by atoms with Gasteiger partial charge in [0.1, 0.15) is 0 Å². The average Bonchev–Trinajstić information content (AvgIpc) is 3.13. The van der Waals surface area contributed by atoms with Gasteiger partial charge >= 0.3 is 0 Å². The van der Waals surface area contributed by atoms with Crippen LogP contribution < -0.4 is 5.32 Å². The lowest BCUT2D eigenvalue weighted by molar-refractivity contribution is 0.0995. The maximum atomic E-state index is 5.60. The predicted molar refractivity (Wildman–Crippen MR) is 91.8 cm³/mol.